The van der Waals surface area contributed by atoms with E-state index in [1.165, 1.54) is 24.3 Å². The molecule has 10 nitrogen and oxygen atoms in total. The molecule has 1 heterocycles. The van der Waals surface area contributed by atoms with Gasteiger partial charge in [-0.05, 0) is 12.1 Å². The summed E-state index contributed by atoms with van der Waals surface area (Å²) in [6.07, 6.45) is -6.84. The van der Waals surface area contributed by atoms with Gasteiger partial charge in [-0.1, -0.05) is 12.1 Å². The molecule has 0 saturated carbocycles. The molecule has 0 aliphatic carbocycles. The van der Waals surface area contributed by atoms with Crippen LogP contribution in [0.15, 0.2) is 24.3 Å². The zero-order valence-electron chi connectivity index (χ0n) is 13.2. The fourth-order valence-electron chi connectivity index (χ4n) is 2.33. The van der Waals surface area contributed by atoms with Crippen LogP contribution in [-0.2, 0) is 14.3 Å². The van der Waals surface area contributed by atoms with Gasteiger partial charge in [0, 0.05) is 6.92 Å². The molecular formula is C15H19NO9. The molecule has 138 valence electrons. The van der Waals surface area contributed by atoms with E-state index in [0.29, 0.717) is 0 Å². The highest BCUT2D eigenvalue weighted by atomic mass is 16.8. The molecule has 2 rings (SSSR count). The van der Waals surface area contributed by atoms with Gasteiger partial charge in [-0.15, -0.1) is 0 Å². The van der Waals surface area contributed by atoms with Crippen LogP contribution < -0.4 is 10.5 Å². The van der Waals surface area contributed by atoms with Crippen molar-refractivity contribution in [1.29, 1.82) is 0 Å². The summed E-state index contributed by atoms with van der Waals surface area (Å²) < 4.78 is 14.9. The Hall–Kier alpha value is -2.08. The van der Waals surface area contributed by atoms with Gasteiger partial charge in [0.2, 0.25) is 0 Å². The van der Waals surface area contributed by atoms with E-state index in [2.05, 4.69) is 0 Å². The molecule has 0 bridgehead atoms. The number of carbonyl (C=O) groups excluding carboxylic acids is 2. The molecular weight excluding hydrogens is 338 g/mol. The second-order valence-electron chi connectivity index (χ2n) is 5.47. The maximum Gasteiger partial charge on any atom is 0.345 e. The van der Waals surface area contributed by atoms with Crippen LogP contribution in [0.4, 0.5) is 0 Å². The van der Waals surface area contributed by atoms with E-state index in [1.54, 1.807) is 0 Å². The average Bonchev–Trinajstić information content (AvgIpc) is 2.56. The Morgan fingerprint density at radius 1 is 1.24 bits per heavy atom. The minimum Gasteiger partial charge on any atom is -0.426 e. The van der Waals surface area contributed by atoms with E-state index in [-0.39, 0.29) is 11.3 Å². The SMILES string of the molecule is CC(=O)Oc1ccccc1C(=O)OC1(N)O[C@H](CO)[C@@H](O)[C@H](O)[C@H]1O. The molecule has 1 aromatic carbocycles. The molecule has 25 heavy (non-hydrogen) atoms. The summed E-state index contributed by atoms with van der Waals surface area (Å²) in [5.74, 6) is -4.42. The molecule has 1 saturated heterocycles. The van der Waals surface area contributed by atoms with Gasteiger partial charge in [0.15, 0.2) is 6.10 Å². The van der Waals surface area contributed by atoms with Crippen LogP contribution in [-0.4, -0.2) is 69.3 Å². The largest absolute Gasteiger partial charge is 0.426 e. The van der Waals surface area contributed by atoms with Crippen molar-refractivity contribution in [3.8, 4) is 5.75 Å². The lowest BCUT2D eigenvalue weighted by Crippen LogP contribution is -2.70. The standard InChI is InChI=1S/C15H19NO9/c1-7(18)23-9-5-3-2-4-8(9)14(22)25-15(16)13(21)12(20)11(19)10(6-17)24-15/h2-5,10-13,17,19-21H,6,16H2,1H3/t10-,11-,12+,13-,15?/m1/s1. The number of rotatable bonds is 4. The first-order chi connectivity index (χ1) is 11.7. The molecule has 0 radical (unpaired) electrons. The van der Waals surface area contributed by atoms with E-state index >= 15 is 0 Å². The van der Waals surface area contributed by atoms with Crippen LogP contribution in [0.1, 0.15) is 17.3 Å². The molecule has 0 amide bonds. The Morgan fingerprint density at radius 3 is 2.48 bits per heavy atom. The predicted molar refractivity (Wildman–Crippen MR) is 80.1 cm³/mol. The zero-order valence-corrected chi connectivity index (χ0v) is 13.2. The Bertz CT molecular complexity index is 650. The second kappa shape index (κ2) is 7.44. The highest BCUT2D eigenvalue weighted by Gasteiger charge is 2.54. The molecule has 1 aliphatic heterocycles. The monoisotopic (exact) mass is 357 g/mol. The first kappa shape index (κ1) is 19.2. The predicted octanol–water partition coefficient (Wildman–Crippen LogP) is -2.14. The minimum atomic E-state index is -2.54. The zero-order chi connectivity index (χ0) is 18.8. The third-order valence-electron chi connectivity index (χ3n) is 3.59. The van der Waals surface area contributed by atoms with Crippen molar-refractivity contribution >= 4 is 11.9 Å². The summed E-state index contributed by atoms with van der Waals surface area (Å²) in [5, 5.41) is 38.6. The van der Waals surface area contributed by atoms with Gasteiger partial charge in [-0.25, -0.2) is 4.79 Å². The van der Waals surface area contributed by atoms with Crippen LogP contribution in [0.5, 0.6) is 5.75 Å². The Morgan fingerprint density at radius 2 is 1.88 bits per heavy atom. The van der Waals surface area contributed by atoms with Crippen molar-refractivity contribution in [3.63, 3.8) is 0 Å². The number of ether oxygens (including phenoxy) is 3. The first-order valence-electron chi connectivity index (χ1n) is 7.32. The van der Waals surface area contributed by atoms with Crippen molar-refractivity contribution < 1.29 is 44.2 Å². The summed E-state index contributed by atoms with van der Waals surface area (Å²) in [7, 11) is 0. The molecule has 1 aromatic rings. The summed E-state index contributed by atoms with van der Waals surface area (Å²) in [4.78, 5) is 23.5. The summed E-state index contributed by atoms with van der Waals surface area (Å²) >= 11 is 0. The van der Waals surface area contributed by atoms with Crippen LogP contribution in [0.3, 0.4) is 0 Å². The number of carbonyl (C=O) groups is 2. The topological polar surface area (TPSA) is 169 Å². The van der Waals surface area contributed by atoms with E-state index < -0.39 is 48.9 Å². The number of aliphatic hydroxyl groups excluding tert-OH is 4. The van der Waals surface area contributed by atoms with Gasteiger partial charge in [0.05, 0.1) is 6.61 Å². The van der Waals surface area contributed by atoms with E-state index in [0.717, 1.165) is 6.92 Å². The molecule has 6 N–H and O–H groups in total. The Labute approximate surface area is 142 Å². The normalized spacial score (nSPS) is 32.1. The lowest BCUT2D eigenvalue weighted by Gasteiger charge is -2.44. The number of benzene rings is 1. The highest BCUT2D eigenvalue weighted by molar-refractivity contribution is 5.93. The van der Waals surface area contributed by atoms with Crippen LogP contribution in [0, 0.1) is 0 Å². The maximum absolute atomic E-state index is 12.4. The number of aliphatic hydroxyl groups is 4. The van der Waals surface area contributed by atoms with E-state index in [9.17, 15) is 24.9 Å². The summed E-state index contributed by atoms with van der Waals surface area (Å²) in [5.41, 5.74) is 5.52. The second-order valence-corrected chi connectivity index (χ2v) is 5.47. The Kier molecular flexibility index (Phi) is 5.72. The third kappa shape index (κ3) is 3.95. The van der Waals surface area contributed by atoms with Gasteiger partial charge in [-0.3, -0.25) is 10.5 Å². The molecule has 10 heteroatoms. The number of esters is 2. The quantitative estimate of drug-likeness (QED) is 0.228. The van der Waals surface area contributed by atoms with Crippen LogP contribution in [0.2, 0.25) is 0 Å². The fourth-order valence-corrected chi connectivity index (χ4v) is 2.33. The Balaban J connectivity index is 2.26. The molecule has 5 atom stereocenters. The average molecular weight is 357 g/mol. The lowest BCUT2D eigenvalue weighted by atomic mass is 9.97. The molecule has 1 fully saturated rings. The summed E-state index contributed by atoms with van der Waals surface area (Å²) in [6.45, 7) is 0.398. The minimum absolute atomic E-state index is 0.104. The van der Waals surface area contributed by atoms with Gasteiger partial charge >= 0.3 is 17.8 Å². The van der Waals surface area contributed by atoms with Gasteiger partial charge in [0.1, 0.15) is 29.6 Å². The van der Waals surface area contributed by atoms with Crippen molar-refractivity contribution in [2.75, 3.05) is 6.61 Å². The lowest BCUT2D eigenvalue weighted by molar-refractivity contribution is -0.344. The fraction of sp³-hybridized carbons (Fsp3) is 0.467. The van der Waals surface area contributed by atoms with E-state index in [4.69, 9.17) is 25.1 Å². The van der Waals surface area contributed by atoms with Crippen molar-refractivity contribution in [2.24, 2.45) is 5.73 Å². The highest BCUT2D eigenvalue weighted by Crippen LogP contribution is 2.29. The molecule has 1 unspecified atom stereocenters. The first-order valence-corrected chi connectivity index (χ1v) is 7.32. The molecule has 0 aromatic heterocycles. The van der Waals surface area contributed by atoms with Crippen LogP contribution >= 0.6 is 0 Å². The smallest absolute Gasteiger partial charge is 0.345 e. The third-order valence-corrected chi connectivity index (χ3v) is 3.59. The van der Waals surface area contributed by atoms with Crippen LogP contribution in [0.25, 0.3) is 0 Å². The molecule has 0 spiro atoms. The van der Waals surface area contributed by atoms with E-state index in [1.807, 2.05) is 0 Å². The number of para-hydroxylation sites is 1. The van der Waals surface area contributed by atoms with Gasteiger partial charge in [-0.2, -0.15) is 0 Å². The van der Waals surface area contributed by atoms with Crippen molar-refractivity contribution in [3.05, 3.63) is 29.8 Å². The van der Waals surface area contributed by atoms with Gasteiger partial charge in [0.25, 0.3) is 0 Å². The van der Waals surface area contributed by atoms with Gasteiger partial charge < -0.3 is 34.6 Å². The van der Waals surface area contributed by atoms with Crippen molar-refractivity contribution in [2.45, 2.75) is 37.3 Å². The number of hydrogen-bond donors (Lipinski definition) is 5. The maximum atomic E-state index is 12.4. The summed E-state index contributed by atoms with van der Waals surface area (Å²) in [6, 6.07) is 5.61. The number of hydrogen-bond acceptors (Lipinski definition) is 10. The molecule has 1 aliphatic rings. The van der Waals surface area contributed by atoms with Crippen molar-refractivity contribution in [1.82, 2.24) is 0 Å². The number of nitrogens with two attached hydrogens (primary N) is 1.